The van der Waals surface area contributed by atoms with Gasteiger partial charge in [-0.2, -0.15) is 0 Å². The first kappa shape index (κ1) is 36.0. The van der Waals surface area contributed by atoms with Gasteiger partial charge < -0.3 is 33.7 Å². The maximum absolute atomic E-state index is 14.3. The number of benzene rings is 1. The summed E-state index contributed by atoms with van der Waals surface area (Å²) in [6, 6.07) is 7.57. The van der Waals surface area contributed by atoms with E-state index in [0.717, 1.165) is 51.8 Å². The highest BCUT2D eigenvalue weighted by molar-refractivity contribution is 8.13. The van der Waals surface area contributed by atoms with E-state index in [2.05, 4.69) is 5.32 Å². The zero-order chi connectivity index (χ0) is 33.1. The number of hydrogen-bond acceptors (Lipinski definition) is 13. The number of rotatable bonds is 12. The van der Waals surface area contributed by atoms with Gasteiger partial charge in [-0.15, -0.1) is 0 Å². The van der Waals surface area contributed by atoms with Gasteiger partial charge in [0.25, 0.3) is 5.12 Å². The van der Waals surface area contributed by atoms with E-state index in [-0.39, 0.29) is 6.42 Å². The van der Waals surface area contributed by atoms with Gasteiger partial charge in [-0.25, -0.2) is 0 Å². The van der Waals surface area contributed by atoms with Crippen molar-refractivity contribution >= 4 is 46.7 Å². The lowest BCUT2D eigenvalue weighted by Crippen LogP contribution is -2.69. The molecular weight excluding hydrogens is 610 g/mol. The van der Waals surface area contributed by atoms with E-state index >= 15 is 0 Å². The SMILES string of the molecule is CC(=O)N[C@H]1[C@H]([C@H](OC(C)=O)[C@@H](COC(C)=O)OC(C)=O)O[C@@](OC2CCCCC2)(C(=O)Sc2ccccc2)C[C@@H]1OC(C)=O. The van der Waals surface area contributed by atoms with Crippen molar-refractivity contribution in [1.82, 2.24) is 5.32 Å². The Morgan fingerprint density at radius 2 is 1.53 bits per heavy atom. The maximum atomic E-state index is 14.3. The predicted molar refractivity (Wildman–Crippen MR) is 158 cm³/mol. The van der Waals surface area contributed by atoms with Crippen LogP contribution in [-0.4, -0.2) is 83.9 Å². The first-order chi connectivity index (χ1) is 21.3. The molecule has 13 nitrogen and oxygen atoms in total. The van der Waals surface area contributed by atoms with Crippen LogP contribution in [0.15, 0.2) is 35.2 Å². The van der Waals surface area contributed by atoms with E-state index in [9.17, 15) is 28.8 Å². The molecular formula is C31H41NO12S. The van der Waals surface area contributed by atoms with E-state index < -0.39 is 83.9 Å². The van der Waals surface area contributed by atoms with Crippen LogP contribution in [0.3, 0.4) is 0 Å². The molecule has 1 heterocycles. The third-order valence-electron chi connectivity index (χ3n) is 7.17. The second-order valence-electron chi connectivity index (χ2n) is 11.0. The minimum absolute atomic E-state index is 0.307. The summed E-state index contributed by atoms with van der Waals surface area (Å²) < 4.78 is 35.0. The van der Waals surface area contributed by atoms with Gasteiger partial charge in [0.05, 0.1) is 12.1 Å². The van der Waals surface area contributed by atoms with Crippen LogP contribution in [0.2, 0.25) is 0 Å². The zero-order valence-corrected chi connectivity index (χ0v) is 26.9. The summed E-state index contributed by atoms with van der Waals surface area (Å²) in [6.45, 7) is 5.19. The van der Waals surface area contributed by atoms with Gasteiger partial charge in [0.15, 0.2) is 12.2 Å². The van der Waals surface area contributed by atoms with E-state index in [1.165, 1.54) is 13.8 Å². The van der Waals surface area contributed by atoms with E-state index in [4.69, 9.17) is 28.4 Å². The Kier molecular flexibility index (Phi) is 13.4. The fourth-order valence-electron chi connectivity index (χ4n) is 5.49. The van der Waals surface area contributed by atoms with Crippen LogP contribution in [-0.2, 0) is 57.2 Å². The Morgan fingerprint density at radius 1 is 0.889 bits per heavy atom. The molecule has 0 aromatic heterocycles. The predicted octanol–water partition coefficient (Wildman–Crippen LogP) is 3.00. The minimum Gasteiger partial charge on any atom is -0.462 e. The number of carbonyl (C=O) groups excluding carboxylic acids is 6. The molecule has 45 heavy (non-hydrogen) atoms. The normalized spacial score (nSPS) is 24.8. The number of nitrogens with one attached hydrogen (secondary N) is 1. The molecule has 2 aliphatic rings. The van der Waals surface area contributed by atoms with Gasteiger partial charge in [0, 0.05) is 45.9 Å². The smallest absolute Gasteiger partial charge is 0.303 e. The average Bonchev–Trinajstić information content (AvgIpc) is 2.95. The third-order valence-corrected chi connectivity index (χ3v) is 8.18. The van der Waals surface area contributed by atoms with Crippen LogP contribution >= 0.6 is 11.8 Å². The quantitative estimate of drug-likeness (QED) is 0.199. The molecule has 0 spiro atoms. The van der Waals surface area contributed by atoms with Gasteiger partial charge in [0.2, 0.25) is 11.7 Å². The van der Waals surface area contributed by atoms with Crippen molar-refractivity contribution < 1.29 is 57.2 Å². The van der Waals surface area contributed by atoms with Crippen molar-refractivity contribution in [3.8, 4) is 0 Å². The lowest BCUT2D eigenvalue weighted by Gasteiger charge is -2.50. The summed E-state index contributed by atoms with van der Waals surface area (Å²) in [7, 11) is 0. The van der Waals surface area contributed by atoms with Crippen molar-refractivity contribution in [2.75, 3.05) is 6.61 Å². The van der Waals surface area contributed by atoms with Crippen LogP contribution < -0.4 is 5.32 Å². The van der Waals surface area contributed by atoms with Gasteiger partial charge >= 0.3 is 23.9 Å². The van der Waals surface area contributed by atoms with E-state index in [1.54, 1.807) is 30.3 Å². The van der Waals surface area contributed by atoms with Crippen molar-refractivity contribution in [3.05, 3.63) is 30.3 Å². The summed E-state index contributed by atoms with van der Waals surface area (Å²) in [6.07, 6.45) is -2.44. The summed E-state index contributed by atoms with van der Waals surface area (Å²) in [5, 5.41) is 2.11. The number of hydrogen-bond donors (Lipinski definition) is 1. The second kappa shape index (κ2) is 16.7. The van der Waals surface area contributed by atoms with Gasteiger partial charge in [0.1, 0.15) is 18.8 Å². The highest BCUT2D eigenvalue weighted by atomic mass is 32.2. The molecule has 0 radical (unpaired) electrons. The van der Waals surface area contributed by atoms with Crippen LogP contribution in [0, 0.1) is 0 Å². The third kappa shape index (κ3) is 10.8. The maximum Gasteiger partial charge on any atom is 0.303 e. The van der Waals surface area contributed by atoms with Crippen LogP contribution in [0.5, 0.6) is 0 Å². The molecule has 1 aromatic rings. The summed E-state index contributed by atoms with van der Waals surface area (Å²) in [5.41, 5.74) is 0. The van der Waals surface area contributed by atoms with Crippen molar-refractivity contribution in [3.63, 3.8) is 0 Å². The standard InChI is InChI=1S/C31H41NO12S/c1-18(33)32-27-25(40-20(3)35)16-31(43-23-12-8-6-9-13-23,30(38)45-24-14-10-7-11-15-24)44-29(27)28(42-22(5)37)26(41-21(4)36)17-39-19(2)34/h7,10-11,14-15,23,25-29H,6,8-9,12-13,16-17H2,1-5H3,(H,32,33)/t25-,26+,27+,28+,29+,31+/m0/s1. The number of carbonyl (C=O) groups is 6. The lowest BCUT2D eigenvalue weighted by molar-refractivity contribution is -0.314. The van der Waals surface area contributed by atoms with E-state index in [0.29, 0.717) is 17.7 Å². The second-order valence-corrected chi connectivity index (χ2v) is 12.1. The van der Waals surface area contributed by atoms with Crippen LogP contribution in [0.25, 0.3) is 0 Å². The molecule has 0 bridgehead atoms. The molecule has 1 amide bonds. The molecule has 2 fully saturated rings. The number of ether oxygens (including phenoxy) is 6. The fraction of sp³-hybridized carbons (Fsp3) is 0.613. The first-order valence-electron chi connectivity index (χ1n) is 14.8. The number of esters is 4. The molecule has 1 aliphatic heterocycles. The first-order valence-corrected chi connectivity index (χ1v) is 15.7. The number of amides is 1. The molecule has 1 saturated carbocycles. The Balaban J connectivity index is 2.20. The monoisotopic (exact) mass is 651 g/mol. The molecule has 1 aromatic carbocycles. The highest BCUT2D eigenvalue weighted by Crippen LogP contribution is 2.42. The van der Waals surface area contributed by atoms with Crippen LogP contribution in [0.4, 0.5) is 0 Å². The molecule has 14 heteroatoms. The van der Waals surface area contributed by atoms with Gasteiger partial charge in [-0.1, -0.05) is 37.5 Å². The molecule has 1 N–H and O–H groups in total. The fourth-order valence-corrected chi connectivity index (χ4v) is 6.33. The van der Waals surface area contributed by atoms with Crippen molar-refractivity contribution in [2.24, 2.45) is 0 Å². The molecule has 1 aliphatic carbocycles. The largest absolute Gasteiger partial charge is 0.462 e. The molecule has 1 saturated heterocycles. The van der Waals surface area contributed by atoms with Crippen molar-refractivity contribution in [2.45, 2.75) is 120 Å². The molecule has 0 unspecified atom stereocenters. The summed E-state index contributed by atoms with van der Waals surface area (Å²) >= 11 is 0.855. The zero-order valence-electron chi connectivity index (χ0n) is 26.1. The topological polar surface area (TPSA) is 170 Å². The Bertz CT molecular complexity index is 1220. The number of thioether (sulfide) groups is 1. The molecule has 248 valence electrons. The minimum atomic E-state index is -2.07. The average molecular weight is 652 g/mol. The van der Waals surface area contributed by atoms with Gasteiger partial charge in [-0.05, 0) is 36.7 Å². The van der Waals surface area contributed by atoms with Crippen LogP contribution in [0.1, 0.15) is 73.1 Å². The molecule has 3 rings (SSSR count). The Labute approximate surface area is 266 Å². The Hall–Kier alpha value is -3.49. The van der Waals surface area contributed by atoms with E-state index in [1.807, 2.05) is 0 Å². The Morgan fingerprint density at radius 3 is 2.09 bits per heavy atom. The van der Waals surface area contributed by atoms with Crippen molar-refractivity contribution in [1.29, 1.82) is 0 Å². The van der Waals surface area contributed by atoms with Gasteiger partial charge in [-0.3, -0.25) is 28.8 Å². The summed E-state index contributed by atoms with van der Waals surface area (Å²) in [4.78, 5) is 76.1. The lowest BCUT2D eigenvalue weighted by atomic mass is 9.88. The summed E-state index contributed by atoms with van der Waals surface area (Å²) in [5.74, 6) is -5.67. The highest BCUT2D eigenvalue weighted by Gasteiger charge is 2.59. The molecule has 6 atom stereocenters.